The van der Waals surface area contributed by atoms with E-state index in [-0.39, 0.29) is 17.9 Å². The van der Waals surface area contributed by atoms with Crippen LogP contribution in [-0.2, 0) is 20.9 Å². The molecule has 3 N–H and O–H groups in total. The van der Waals surface area contributed by atoms with E-state index in [4.69, 9.17) is 16.7 Å². The van der Waals surface area contributed by atoms with Crippen molar-refractivity contribution in [3.05, 3.63) is 46.2 Å². The number of aliphatic hydroxyl groups is 1. The minimum absolute atomic E-state index is 0.229. The number of carbonyl (C=O) groups excluding carboxylic acids is 2. The van der Waals surface area contributed by atoms with E-state index < -0.39 is 29.7 Å². The molecule has 0 saturated heterocycles. The molecule has 1 aromatic carbocycles. The van der Waals surface area contributed by atoms with Crippen LogP contribution in [0, 0.1) is 5.41 Å². The molecule has 0 unspecified atom stereocenters. The summed E-state index contributed by atoms with van der Waals surface area (Å²) in [5.74, 6) is -2.92. The second kappa shape index (κ2) is 6.40. The Morgan fingerprint density at radius 3 is 2.44 bits per heavy atom. The van der Waals surface area contributed by atoms with Crippen LogP contribution in [0.1, 0.15) is 18.4 Å². The summed E-state index contributed by atoms with van der Waals surface area (Å²) in [5.41, 5.74) is -0.102. The number of rotatable bonds is 5. The quantitative estimate of drug-likeness (QED) is 0.686. The number of nitrogens with one attached hydrogen (secondary N) is 1. The molecule has 1 fully saturated rings. The van der Waals surface area contributed by atoms with Crippen molar-refractivity contribution < 1.29 is 24.6 Å². The molecule has 1 aromatic rings. The van der Waals surface area contributed by atoms with Crippen LogP contribution in [0.3, 0.4) is 0 Å². The highest BCUT2D eigenvalue weighted by atomic mass is 35.5. The summed E-state index contributed by atoms with van der Waals surface area (Å²) in [4.78, 5) is 37.0. The highest BCUT2D eigenvalue weighted by Crippen LogP contribution is 2.54. The topological polar surface area (TPSA) is 107 Å². The molecule has 0 bridgehead atoms. The molecule has 0 aromatic heterocycles. The molecule has 2 aliphatic rings. The lowest BCUT2D eigenvalue weighted by atomic mass is 9.92. The summed E-state index contributed by atoms with van der Waals surface area (Å²) in [5, 5.41) is 21.8. The molecule has 25 heavy (non-hydrogen) atoms. The number of halogens is 1. The monoisotopic (exact) mass is 364 g/mol. The van der Waals surface area contributed by atoms with Gasteiger partial charge in [0.05, 0.1) is 0 Å². The number of hydrogen-bond donors (Lipinski definition) is 3. The lowest BCUT2D eigenvalue weighted by molar-refractivity contribution is -0.139. The van der Waals surface area contributed by atoms with Crippen molar-refractivity contribution in [3.63, 3.8) is 0 Å². The van der Waals surface area contributed by atoms with Crippen molar-refractivity contribution in [1.29, 1.82) is 0 Å². The Morgan fingerprint density at radius 1 is 1.24 bits per heavy atom. The molecule has 132 valence electrons. The van der Waals surface area contributed by atoms with E-state index in [0.717, 1.165) is 5.56 Å². The molecule has 1 aliphatic carbocycles. The van der Waals surface area contributed by atoms with Crippen LogP contribution in [-0.4, -0.2) is 46.0 Å². The zero-order valence-electron chi connectivity index (χ0n) is 13.3. The van der Waals surface area contributed by atoms with Gasteiger partial charge in [0.1, 0.15) is 17.9 Å². The number of nitrogens with zero attached hydrogens (tertiary/aromatic N) is 1. The summed E-state index contributed by atoms with van der Waals surface area (Å²) < 4.78 is 0. The average molecular weight is 365 g/mol. The summed E-state index contributed by atoms with van der Waals surface area (Å²) in [6, 6.07) is 7.01. The molecule has 1 spiro atoms. The normalized spacial score (nSPS) is 18.4. The molecular formula is C17H17ClN2O5. The number of aliphatic hydroxyl groups excluding tert-OH is 1. The first-order chi connectivity index (χ1) is 11.8. The van der Waals surface area contributed by atoms with Gasteiger partial charge in [0.2, 0.25) is 0 Å². The Balaban J connectivity index is 1.84. The number of benzene rings is 1. The molecule has 2 amide bonds. The summed E-state index contributed by atoms with van der Waals surface area (Å²) in [6.45, 7) is -0.0101. The third-order valence-corrected chi connectivity index (χ3v) is 4.75. The molecule has 0 radical (unpaired) electrons. The van der Waals surface area contributed by atoms with Crippen LogP contribution in [0.15, 0.2) is 35.6 Å². The molecule has 7 nitrogen and oxygen atoms in total. The number of hydrogen-bond acceptors (Lipinski definition) is 4. The lowest BCUT2D eigenvalue weighted by Gasteiger charge is -2.33. The maximum atomic E-state index is 12.7. The summed E-state index contributed by atoms with van der Waals surface area (Å²) in [6.07, 6.45) is 1.36. The van der Waals surface area contributed by atoms with Gasteiger partial charge in [0, 0.05) is 23.5 Å². The first-order valence-corrected chi connectivity index (χ1v) is 8.18. The number of carbonyl (C=O) groups is 3. The Labute approximate surface area is 148 Å². The maximum absolute atomic E-state index is 12.7. The number of carboxylic acids is 1. The van der Waals surface area contributed by atoms with Gasteiger partial charge in [-0.05, 0) is 30.5 Å². The molecule has 1 aliphatic heterocycles. The Kier molecular flexibility index (Phi) is 4.43. The fourth-order valence-electron chi connectivity index (χ4n) is 2.97. The van der Waals surface area contributed by atoms with Gasteiger partial charge in [-0.1, -0.05) is 23.7 Å². The first kappa shape index (κ1) is 17.3. The Morgan fingerprint density at radius 2 is 1.88 bits per heavy atom. The van der Waals surface area contributed by atoms with E-state index in [0.29, 0.717) is 24.4 Å². The van der Waals surface area contributed by atoms with Crippen LogP contribution in [0.4, 0.5) is 0 Å². The fourth-order valence-corrected chi connectivity index (χ4v) is 3.10. The number of amides is 2. The van der Waals surface area contributed by atoms with Gasteiger partial charge >= 0.3 is 5.97 Å². The van der Waals surface area contributed by atoms with Crippen LogP contribution in [0.5, 0.6) is 0 Å². The van der Waals surface area contributed by atoms with Crippen LogP contribution in [0.2, 0.25) is 5.02 Å². The van der Waals surface area contributed by atoms with Crippen molar-refractivity contribution in [2.75, 3.05) is 13.1 Å². The van der Waals surface area contributed by atoms with Crippen LogP contribution >= 0.6 is 11.6 Å². The van der Waals surface area contributed by atoms with Crippen molar-refractivity contribution in [2.45, 2.75) is 19.4 Å². The van der Waals surface area contributed by atoms with E-state index in [1.165, 1.54) is 4.90 Å². The van der Waals surface area contributed by atoms with E-state index in [9.17, 15) is 19.5 Å². The van der Waals surface area contributed by atoms with E-state index in [1.807, 2.05) is 0 Å². The molecule has 8 heteroatoms. The van der Waals surface area contributed by atoms with E-state index in [2.05, 4.69) is 5.32 Å². The highest BCUT2D eigenvalue weighted by Gasteiger charge is 2.54. The van der Waals surface area contributed by atoms with Gasteiger partial charge in [-0.25, -0.2) is 0 Å². The Bertz CT molecular complexity index is 768. The van der Waals surface area contributed by atoms with Crippen molar-refractivity contribution >= 4 is 29.4 Å². The summed E-state index contributed by atoms with van der Waals surface area (Å²) >= 11 is 5.86. The SMILES string of the molecule is O=C(O)CNC(=O)C1=C(O)C2(CC2)CN(Cc2ccc(Cl)cc2)C1=O. The minimum atomic E-state index is -1.23. The maximum Gasteiger partial charge on any atom is 0.322 e. The van der Waals surface area contributed by atoms with Crippen LogP contribution < -0.4 is 5.32 Å². The largest absolute Gasteiger partial charge is 0.511 e. The predicted molar refractivity (Wildman–Crippen MR) is 88.8 cm³/mol. The minimum Gasteiger partial charge on any atom is -0.511 e. The standard InChI is InChI=1S/C17H17ClN2O5/c18-11-3-1-10(2-4-11)8-20-9-17(5-6-17)14(23)13(16(20)25)15(24)19-7-12(21)22/h1-4,23H,5-9H2,(H,19,24)(H,21,22). The van der Waals surface area contributed by atoms with Crippen LogP contribution in [0.25, 0.3) is 0 Å². The van der Waals surface area contributed by atoms with Crippen molar-refractivity contribution in [2.24, 2.45) is 5.41 Å². The molecule has 3 rings (SSSR count). The van der Waals surface area contributed by atoms with E-state index in [1.54, 1.807) is 24.3 Å². The average Bonchev–Trinajstić information content (AvgIpc) is 3.34. The fraction of sp³-hybridized carbons (Fsp3) is 0.353. The lowest BCUT2D eigenvalue weighted by Crippen LogP contribution is -2.47. The smallest absolute Gasteiger partial charge is 0.322 e. The molecule has 1 heterocycles. The highest BCUT2D eigenvalue weighted by molar-refractivity contribution is 6.30. The third-order valence-electron chi connectivity index (χ3n) is 4.50. The van der Waals surface area contributed by atoms with Gasteiger partial charge in [0.25, 0.3) is 11.8 Å². The zero-order valence-corrected chi connectivity index (χ0v) is 14.0. The number of carboxylic acid groups (broad SMARTS) is 1. The Hall–Kier alpha value is -2.54. The summed E-state index contributed by atoms with van der Waals surface area (Å²) in [7, 11) is 0. The second-order valence-electron chi connectivity index (χ2n) is 6.37. The van der Waals surface area contributed by atoms with E-state index >= 15 is 0 Å². The third kappa shape index (κ3) is 3.46. The molecule has 0 atom stereocenters. The second-order valence-corrected chi connectivity index (χ2v) is 6.80. The molecular weight excluding hydrogens is 348 g/mol. The predicted octanol–water partition coefficient (Wildman–Crippen LogP) is 1.48. The van der Waals surface area contributed by atoms with Crippen molar-refractivity contribution in [3.8, 4) is 0 Å². The molecule has 1 saturated carbocycles. The van der Waals surface area contributed by atoms with Gasteiger partial charge in [-0.2, -0.15) is 0 Å². The number of aliphatic carboxylic acids is 1. The zero-order chi connectivity index (χ0) is 18.2. The van der Waals surface area contributed by atoms with Crippen molar-refractivity contribution in [1.82, 2.24) is 10.2 Å². The van der Waals surface area contributed by atoms with Gasteiger partial charge < -0.3 is 20.4 Å². The van der Waals surface area contributed by atoms with Gasteiger partial charge in [-0.15, -0.1) is 0 Å². The van der Waals surface area contributed by atoms with Gasteiger partial charge in [0.15, 0.2) is 0 Å². The first-order valence-electron chi connectivity index (χ1n) is 7.80. The van der Waals surface area contributed by atoms with Gasteiger partial charge in [-0.3, -0.25) is 14.4 Å².